The predicted molar refractivity (Wildman–Crippen MR) is 49.8 cm³/mol. The Kier molecular flexibility index (Phi) is 2.66. The molecule has 0 amide bonds. The summed E-state index contributed by atoms with van der Waals surface area (Å²) in [6.07, 6.45) is 1.64. The topological polar surface area (TPSA) is 50.2 Å². The molecule has 70 valence electrons. The standard InChI is InChI=1S/C10H13NO2/c1-6-4-7(2)11-5-9(6)8(3)10(12)13/h4-5,8H,1-3H3,(H,12,13). The van der Waals surface area contributed by atoms with Crippen molar-refractivity contribution in [1.82, 2.24) is 4.98 Å². The molecule has 0 bridgehead atoms. The first kappa shape index (κ1) is 9.71. The number of hydrogen-bond donors (Lipinski definition) is 1. The van der Waals surface area contributed by atoms with E-state index in [2.05, 4.69) is 4.98 Å². The lowest BCUT2D eigenvalue weighted by Gasteiger charge is -2.09. The van der Waals surface area contributed by atoms with Crippen LogP contribution in [0.25, 0.3) is 0 Å². The first-order valence-corrected chi connectivity index (χ1v) is 4.18. The lowest BCUT2D eigenvalue weighted by atomic mass is 9.98. The smallest absolute Gasteiger partial charge is 0.310 e. The molecule has 0 spiro atoms. The number of carbonyl (C=O) groups is 1. The number of carboxylic acid groups (broad SMARTS) is 1. The van der Waals surface area contributed by atoms with Gasteiger partial charge in [-0.2, -0.15) is 0 Å². The predicted octanol–water partition coefficient (Wildman–Crippen LogP) is 1.89. The first-order chi connectivity index (χ1) is 6.02. The van der Waals surface area contributed by atoms with Crippen LogP contribution in [0.4, 0.5) is 0 Å². The van der Waals surface area contributed by atoms with Crippen molar-refractivity contribution in [1.29, 1.82) is 0 Å². The summed E-state index contributed by atoms with van der Waals surface area (Å²) in [4.78, 5) is 14.8. The summed E-state index contributed by atoms with van der Waals surface area (Å²) < 4.78 is 0. The molecule has 0 radical (unpaired) electrons. The van der Waals surface area contributed by atoms with Gasteiger partial charge in [-0.05, 0) is 38.0 Å². The molecule has 1 N–H and O–H groups in total. The van der Waals surface area contributed by atoms with Crippen LogP contribution in [0.2, 0.25) is 0 Å². The lowest BCUT2D eigenvalue weighted by Crippen LogP contribution is -2.09. The molecule has 1 atom stereocenters. The van der Waals surface area contributed by atoms with Gasteiger partial charge in [-0.3, -0.25) is 9.78 Å². The van der Waals surface area contributed by atoms with Crippen LogP contribution in [0.3, 0.4) is 0 Å². The zero-order valence-corrected chi connectivity index (χ0v) is 8.03. The maximum absolute atomic E-state index is 10.7. The van der Waals surface area contributed by atoms with Crippen molar-refractivity contribution in [3.05, 3.63) is 29.1 Å². The molecule has 1 unspecified atom stereocenters. The van der Waals surface area contributed by atoms with Crippen molar-refractivity contribution in [2.45, 2.75) is 26.7 Å². The molecule has 1 rings (SSSR count). The molecule has 0 saturated heterocycles. The number of aryl methyl sites for hydroxylation is 2. The second kappa shape index (κ2) is 3.56. The van der Waals surface area contributed by atoms with Crippen LogP contribution in [0, 0.1) is 13.8 Å². The van der Waals surface area contributed by atoms with Crippen molar-refractivity contribution >= 4 is 5.97 Å². The van der Waals surface area contributed by atoms with E-state index in [1.807, 2.05) is 19.9 Å². The Morgan fingerprint density at radius 2 is 2.15 bits per heavy atom. The van der Waals surface area contributed by atoms with E-state index in [0.29, 0.717) is 0 Å². The summed E-state index contributed by atoms with van der Waals surface area (Å²) in [5.41, 5.74) is 2.69. The zero-order valence-electron chi connectivity index (χ0n) is 8.03. The van der Waals surface area contributed by atoms with E-state index in [9.17, 15) is 4.79 Å². The molecule has 0 fully saturated rings. The van der Waals surface area contributed by atoms with E-state index in [0.717, 1.165) is 16.8 Å². The van der Waals surface area contributed by atoms with Crippen molar-refractivity contribution < 1.29 is 9.90 Å². The van der Waals surface area contributed by atoms with Gasteiger partial charge in [0.25, 0.3) is 0 Å². The molecule has 1 heterocycles. The molecule has 1 aromatic rings. The molecule has 13 heavy (non-hydrogen) atoms. The van der Waals surface area contributed by atoms with Crippen molar-refractivity contribution in [3.63, 3.8) is 0 Å². The second-order valence-corrected chi connectivity index (χ2v) is 3.24. The van der Waals surface area contributed by atoms with Crippen LogP contribution < -0.4 is 0 Å². The monoisotopic (exact) mass is 179 g/mol. The van der Waals surface area contributed by atoms with Gasteiger partial charge in [-0.25, -0.2) is 0 Å². The Morgan fingerprint density at radius 1 is 1.54 bits per heavy atom. The normalized spacial score (nSPS) is 12.5. The van der Waals surface area contributed by atoms with Crippen LogP contribution in [0.15, 0.2) is 12.3 Å². The molecule has 0 aliphatic rings. The number of pyridine rings is 1. The maximum Gasteiger partial charge on any atom is 0.310 e. The van der Waals surface area contributed by atoms with Crippen molar-refractivity contribution in [2.75, 3.05) is 0 Å². The highest BCUT2D eigenvalue weighted by Crippen LogP contribution is 2.18. The molecule has 3 heteroatoms. The van der Waals surface area contributed by atoms with Gasteiger partial charge in [0, 0.05) is 11.9 Å². The molecule has 0 aromatic carbocycles. The third-order valence-corrected chi connectivity index (χ3v) is 2.12. The van der Waals surface area contributed by atoms with Crippen molar-refractivity contribution in [2.24, 2.45) is 0 Å². The largest absolute Gasteiger partial charge is 0.481 e. The van der Waals surface area contributed by atoms with Gasteiger partial charge in [-0.15, -0.1) is 0 Å². The SMILES string of the molecule is Cc1cc(C)c(C(C)C(=O)O)cn1. The van der Waals surface area contributed by atoms with Crippen LogP contribution >= 0.6 is 0 Å². The van der Waals surface area contributed by atoms with E-state index in [4.69, 9.17) is 5.11 Å². The Morgan fingerprint density at radius 3 is 2.62 bits per heavy atom. The molecule has 0 aliphatic heterocycles. The van der Waals surface area contributed by atoms with Crippen LogP contribution in [-0.2, 0) is 4.79 Å². The third kappa shape index (κ3) is 2.05. The Labute approximate surface area is 77.4 Å². The third-order valence-electron chi connectivity index (χ3n) is 2.12. The quantitative estimate of drug-likeness (QED) is 0.754. The fourth-order valence-corrected chi connectivity index (χ4v) is 1.29. The average Bonchev–Trinajstić information content (AvgIpc) is 2.03. The zero-order chi connectivity index (χ0) is 10.0. The summed E-state index contributed by atoms with van der Waals surface area (Å²) in [6, 6.07) is 1.90. The Balaban J connectivity index is 3.08. The summed E-state index contributed by atoms with van der Waals surface area (Å²) in [5.74, 6) is -1.29. The molecular formula is C10H13NO2. The molecule has 0 saturated carbocycles. The summed E-state index contributed by atoms with van der Waals surface area (Å²) in [6.45, 7) is 5.47. The number of nitrogens with zero attached hydrogens (tertiary/aromatic N) is 1. The number of carboxylic acids is 1. The summed E-state index contributed by atoms with van der Waals surface area (Å²) >= 11 is 0. The van der Waals surface area contributed by atoms with Gasteiger partial charge in [0.05, 0.1) is 5.92 Å². The van der Waals surface area contributed by atoms with Gasteiger partial charge in [0.15, 0.2) is 0 Å². The van der Waals surface area contributed by atoms with E-state index in [1.54, 1.807) is 13.1 Å². The van der Waals surface area contributed by atoms with Gasteiger partial charge >= 0.3 is 5.97 Å². The van der Waals surface area contributed by atoms with Crippen LogP contribution in [0.1, 0.15) is 29.7 Å². The molecule has 0 aliphatic carbocycles. The first-order valence-electron chi connectivity index (χ1n) is 4.18. The molecular weight excluding hydrogens is 166 g/mol. The van der Waals surface area contributed by atoms with Crippen molar-refractivity contribution in [3.8, 4) is 0 Å². The molecule has 3 nitrogen and oxygen atoms in total. The Bertz CT molecular complexity index is 334. The molecule has 1 aromatic heterocycles. The van der Waals surface area contributed by atoms with Gasteiger partial charge in [-0.1, -0.05) is 0 Å². The minimum Gasteiger partial charge on any atom is -0.481 e. The van der Waals surface area contributed by atoms with Crippen LogP contribution in [-0.4, -0.2) is 16.1 Å². The van der Waals surface area contributed by atoms with Gasteiger partial charge in [0.1, 0.15) is 0 Å². The lowest BCUT2D eigenvalue weighted by molar-refractivity contribution is -0.138. The number of aromatic nitrogens is 1. The average molecular weight is 179 g/mol. The summed E-state index contributed by atoms with van der Waals surface area (Å²) in [7, 11) is 0. The van der Waals surface area contributed by atoms with Crippen LogP contribution in [0.5, 0.6) is 0 Å². The maximum atomic E-state index is 10.7. The minimum atomic E-state index is -0.811. The number of aliphatic carboxylic acids is 1. The van der Waals surface area contributed by atoms with E-state index in [1.165, 1.54) is 0 Å². The highest BCUT2D eigenvalue weighted by Gasteiger charge is 2.15. The highest BCUT2D eigenvalue weighted by molar-refractivity contribution is 5.75. The van der Waals surface area contributed by atoms with Gasteiger partial charge < -0.3 is 5.11 Å². The van der Waals surface area contributed by atoms with E-state index in [-0.39, 0.29) is 0 Å². The number of hydrogen-bond acceptors (Lipinski definition) is 2. The van der Waals surface area contributed by atoms with E-state index >= 15 is 0 Å². The second-order valence-electron chi connectivity index (χ2n) is 3.24. The number of rotatable bonds is 2. The van der Waals surface area contributed by atoms with Gasteiger partial charge in [0.2, 0.25) is 0 Å². The fraction of sp³-hybridized carbons (Fsp3) is 0.400. The fourth-order valence-electron chi connectivity index (χ4n) is 1.29. The highest BCUT2D eigenvalue weighted by atomic mass is 16.4. The Hall–Kier alpha value is -1.38. The minimum absolute atomic E-state index is 0.479. The summed E-state index contributed by atoms with van der Waals surface area (Å²) in [5, 5.41) is 8.80. The van der Waals surface area contributed by atoms with E-state index < -0.39 is 11.9 Å².